The fraction of sp³-hybridized carbons (Fsp3) is 0.895. The first-order valence-corrected chi connectivity index (χ1v) is 10.1. The summed E-state index contributed by atoms with van der Waals surface area (Å²) in [5, 5.41) is 19.8. The van der Waals surface area contributed by atoms with Crippen LogP contribution in [0.15, 0.2) is 0 Å². The van der Waals surface area contributed by atoms with Crippen LogP contribution in [0.5, 0.6) is 0 Å². The first-order valence-electron chi connectivity index (χ1n) is 9.66. The summed E-state index contributed by atoms with van der Waals surface area (Å²) < 4.78 is 9.22. The Balaban J connectivity index is -0.000000316. The van der Waals surface area contributed by atoms with Gasteiger partial charge in [0.2, 0.25) is 0 Å². The first kappa shape index (κ1) is 30.1. The number of carboxylic acid groups (broad SMARTS) is 2. The molecular formula is C19H37AlO6. The van der Waals surface area contributed by atoms with Gasteiger partial charge in [-0.3, -0.25) is 0 Å². The molecule has 0 saturated heterocycles. The van der Waals surface area contributed by atoms with E-state index in [4.69, 9.17) is 0 Å². The number of hydrogen-bond donors (Lipinski definition) is 0. The zero-order valence-electron chi connectivity index (χ0n) is 16.9. The molecule has 0 saturated carbocycles. The second kappa shape index (κ2) is 29.2. The van der Waals surface area contributed by atoms with Gasteiger partial charge in [-0.25, -0.2) is 0 Å². The van der Waals surface area contributed by atoms with Crippen LogP contribution >= 0.6 is 0 Å². The summed E-state index contributed by atoms with van der Waals surface area (Å²) in [4.78, 5) is 19.8. The third-order valence-corrected chi connectivity index (χ3v) is 3.61. The fourth-order valence-electron chi connectivity index (χ4n) is 1.88. The Bertz CT molecular complexity index is 259. The molecule has 0 amide bonds. The summed E-state index contributed by atoms with van der Waals surface area (Å²) >= 11 is 2.15. The minimum absolute atomic E-state index is 0.226. The molecule has 0 aromatic rings. The van der Waals surface area contributed by atoms with Gasteiger partial charge in [0.1, 0.15) is 0 Å². The van der Waals surface area contributed by atoms with Crippen LogP contribution in [0.3, 0.4) is 0 Å². The van der Waals surface area contributed by atoms with E-state index in [2.05, 4.69) is 39.0 Å². The first-order chi connectivity index (χ1) is 12.5. The van der Waals surface area contributed by atoms with Gasteiger partial charge in [0.15, 0.2) is 0 Å². The normalized spacial score (nSPS) is 9.58. The van der Waals surface area contributed by atoms with E-state index in [1.807, 2.05) is 0 Å². The standard InChI is InChI=1S/2C8H16O2.C3H7O2.Al/c2*1-2-3-4-5-6-7-8(9)10;1-5-3-2-4;/h2*2-7H2,1H3,(H,9,10);2-3H2,1H3;/q;;-1;+3/p-2. The van der Waals surface area contributed by atoms with Crippen molar-refractivity contribution in [3.8, 4) is 0 Å². The van der Waals surface area contributed by atoms with Crippen molar-refractivity contribution >= 4 is 28.6 Å². The molecule has 0 atom stereocenters. The van der Waals surface area contributed by atoms with Gasteiger partial charge in [-0.1, -0.05) is 65.2 Å². The maximum absolute atomic E-state index is 9.92. The van der Waals surface area contributed by atoms with Crippen molar-refractivity contribution in [3.63, 3.8) is 0 Å². The molecule has 0 bridgehead atoms. The second-order valence-electron chi connectivity index (χ2n) is 5.94. The monoisotopic (exact) mass is 388 g/mol. The molecule has 26 heavy (non-hydrogen) atoms. The van der Waals surface area contributed by atoms with E-state index in [1.165, 1.54) is 25.7 Å². The van der Waals surface area contributed by atoms with E-state index in [0.29, 0.717) is 13.2 Å². The number of carboxylic acids is 2. The molecule has 0 heterocycles. The van der Waals surface area contributed by atoms with Crippen LogP contribution < -0.4 is 10.2 Å². The Labute approximate surface area is 168 Å². The summed E-state index contributed by atoms with van der Waals surface area (Å²) in [6.07, 6.45) is 11.2. The van der Waals surface area contributed by atoms with Gasteiger partial charge in [-0.05, 0) is 25.7 Å². The molecule has 0 aromatic carbocycles. The number of rotatable bonds is 15. The number of hydrogen-bond acceptors (Lipinski definition) is 6. The molecule has 0 N–H and O–H groups in total. The topological polar surface area (TPSA) is 98.7 Å². The molecule has 7 heteroatoms. The number of unbranched alkanes of at least 4 members (excludes halogenated alkanes) is 8. The van der Waals surface area contributed by atoms with Crippen LogP contribution in [0.25, 0.3) is 0 Å². The fourth-order valence-corrected chi connectivity index (χ4v) is 1.97. The van der Waals surface area contributed by atoms with E-state index >= 15 is 0 Å². The molecule has 0 aliphatic rings. The number of methoxy groups -OCH3 is 1. The van der Waals surface area contributed by atoms with Crippen molar-refractivity contribution in [3.05, 3.63) is 0 Å². The van der Waals surface area contributed by atoms with Gasteiger partial charge in [0, 0.05) is 11.9 Å². The molecule has 0 spiro atoms. The SMILES string of the molecule is CCCCCCCC(=O)[O-].CCCCCCCC(=O)[O-].COCC[O][Al+2]. The van der Waals surface area contributed by atoms with Gasteiger partial charge >= 0.3 is 45.5 Å². The number of ether oxygens (including phenoxy) is 1. The zero-order valence-corrected chi connectivity index (χ0v) is 18.1. The summed E-state index contributed by atoms with van der Waals surface area (Å²) in [7, 11) is 1.64. The third-order valence-electron chi connectivity index (χ3n) is 3.37. The van der Waals surface area contributed by atoms with Crippen LogP contribution in [-0.4, -0.2) is 48.9 Å². The predicted molar refractivity (Wildman–Crippen MR) is 100 cm³/mol. The van der Waals surface area contributed by atoms with Gasteiger partial charge in [-0.2, -0.15) is 0 Å². The summed E-state index contributed by atoms with van der Waals surface area (Å²) in [5.74, 6) is -1.84. The summed E-state index contributed by atoms with van der Waals surface area (Å²) in [6.45, 7) is 5.60. The molecular weight excluding hydrogens is 351 g/mol. The Morgan fingerprint density at radius 1 is 0.731 bits per heavy atom. The molecule has 152 valence electrons. The Morgan fingerprint density at radius 3 is 1.35 bits per heavy atom. The van der Waals surface area contributed by atoms with E-state index in [-0.39, 0.29) is 12.8 Å². The Hall–Kier alpha value is -0.608. The molecule has 6 nitrogen and oxygen atoms in total. The molecule has 0 aliphatic heterocycles. The van der Waals surface area contributed by atoms with Gasteiger partial charge in [0.25, 0.3) is 0 Å². The molecule has 0 aromatic heterocycles. The van der Waals surface area contributed by atoms with Crippen LogP contribution in [0.1, 0.15) is 90.9 Å². The van der Waals surface area contributed by atoms with E-state index < -0.39 is 11.9 Å². The molecule has 0 radical (unpaired) electrons. The van der Waals surface area contributed by atoms with Crippen molar-refractivity contribution in [2.24, 2.45) is 0 Å². The van der Waals surface area contributed by atoms with Crippen molar-refractivity contribution < 1.29 is 28.3 Å². The molecule has 0 unspecified atom stereocenters. The van der Waals surface area contributed by atoms with Gasteiger partial charge < -0.3 is 19.8 Å². The molecule has 0 aliphatic carbocycles. The number of carbonyl (C=O) groups is 2. The zero-order chi connectivity index (χ0) is 20.5. The second-order valence-corrected chi connectivity index (χ2v) is 6.27. The Morgan fingerprint density at radius 2 is 1.12 bits per heavy atom. The summed E-state index contributed by atoms with van der Waals surface area (Å²) in [5.41, 5.74) is 0. The number of carbonyl (C=O) groups excluding carboxylic acids is 2. The van der Waals surface area contributed by atoms with Crippen LogP contribution in [0.4, 0.5) is 0 Å². The van der Waals surface area contributed by atoms with E-state index in [1.54, 1.807) is 7.11 Å². The number of aliphatic carboxylic acids is 2. The quantitative estimate of drug-likeness (QED) is 0.314. The minimum atomic E-state index is -0.920. The van der Waals surface area contributed by atoms with Crippen LogP contribution in [0, 0.1) is 0 Å². The average molecular weight is 388 g/mol. The van der Waals surface area contributed by atoms with Crippen molar-refractivity contribution in [2.75, 3.05) is 20.3 Å². The van der Waals surface area contributed by atoms with Crippen LogP contribution in [0.2, 0.25) is 0 Å². The van der Waals surface area contributed by atoms with E-state index in [0.717, 1.165) is 38.5 Å². The van der Waals surface area contributed by atoms with Crippen molar-refractivity contribution in [2.45, 2.75) is 90.9 Å². The third kappa shape index (κ3) is 43.7. The van der Waals surface area contributed by atoms with Gasteiger partial charge in [0.05, 0.1) is 0 Å². The molecule has 0 rings (SSSR count). The molecule has 0 fully saturated rings. The summed E-state index contributed by atoms with van der Waals surface area (Å²) in [6, 6.07) is 0. The maximum atomic E-state index is 9.92. The average Bonchev–Trinajstić information content (AvgIpc) is 2.60. The van der Waals surface area contributed by atoms with Crippen molar-refractivity contribution in [1.82, 2.24) is 0 Å². The predicted octanol–water partition coefficient (Wildman–Crippen LogP) is 1.93. The van der Waals surface area contributed by atoms with Crippen LogP contribution in [-0.2, 0) is 18.1 Å². The van der Waals surface area contributed by atoms with Crippen molar-refractivity contribution in [1.29, 1.82) is 0 Å². The van der Waals surface area contributed by atoms with E-state index in [9.17, 15) is 19.8 Å². The van der Waals surface area contributed by atoms with Gasteiger partial charge in [-0.15, -0.1) is 0 Å². The Kier molecular flexibility index (Phi) is 33.8.